The zero-order valence-electron chi connectivity index (χ0n) is 10.4. The lowest BCUT2D eigenvalue weighted by Crippen LogP contribution is -2.26. The number of ether oxygens (including phenoxy) is 1. The van der Waals surface area contributed by atoms with E-state index in [9.17, 15) is 10.1 Å². The van der Waals surface area contributed by atoms with Crippen LogP contribution in [0.25, 0.3) is 0 Å². The molecule has 0 saturated heterocycles. The third-order valence-electron chi connectivity index (χ3n) is 2.70. The summed E-state index contributed by atoms with van der Waals surface area (Å²) in [6, 6.07) is 4.77. The monoisotopic (exact) mass is 238 g/mol. The second-order valence-corrected chi connectivity index (χ2v) is 4.80. The van der Waals surface area contributed by atoms with Crippen molar-refractivity contribution in [2.75, 3.05) is 13.7 Å². The Morgan fingerprint density at radius 3 is 2.59 bits per heavy atom. The van der Waals surface area contributed by atoms with Crippen LogP contribution >= 0.6 is 0 Å². The van der Waals surface area contributed by atoms with Crippen LogP contribution in [0.15, 0.2) is 18.2 Å². The van der Waals surface area contributed by atoms with E-state index in [-0.39, 0.29) is 16.0 Å². The summed E-state index contributed by atoms with van der Waals surface area (Å²) in [6.45, 7) is 4.44. The van der Waals surface area contributed by atoms with Gasteiger partial charge in [0.1, 0.15) is 5.75 Å². The van der Waals surface area contributed by atoms with Gasteiger partial charge in [-0.2, -0.15) is 0 Å². The van der Waals surface area contributed by atoms with Crippen LogP contribution < -0.4 is 10.5 Å². The number of benzene rings is 1. The number of nitrogens with zero attached hydrogens (tertiary/aromatic N) is 1. The molecule has 5 nitrogen and oxygen atoms in total. The Labute approximate surface area is 101 Å². The molecule has 0 saturated carbocycles. The summed E-state index contributed by atoms with van der Waals surface area (Å²) in [5.41, 5.74) is 6.26. The number of nitro benzene ring substituents is 1. The van der Waals surface area contributed by atoms with E-state index >= 15 is 0 Å². The molecule has 17 heavy (non-hydrogen) atoms. The molecule has 1 rings (SSSR count). The standard InChI is InChI=1S/C12H18N2O3/c1-12(2,8-13)7-9-6-10(17-3)4-5-11(9)14(15)16/h4-6H,7-8,13H2,1-3H3. The zero-order chi connectivity index (χ0) is 13.1. The molecule has 0 atom stereocenters. The minimum Gasteiger partial charge on any atom is -0.497 e. The molecule has 0 fully saturated rings. The zero-order valence-corrected chi connectivity index (χ0v) is 10.4. The maximum atomic E-state index is 10.9. The predicted molar refractivity (Wildman–Crippen MR) is 66.2 cm³/mol. The van der Waals surface area contributed by atoms with E-state index in [0.29, 0.717) is 24.3 Å². The van der Waals surface area contributed by atoms with Crippen molar-refractivity contribution in [1.82, 2.24) is 0 Å². The molecule has 0 aliphatic rings. The molecule has 0 radical (unpaired) electrons. The van der Waals surface area contributed by atoms with Gasteiger partial charge in [-0.05, 0) is 30.5 Å². The van der Waals surface area contributed by atoms with E-state index in [0.717, 1.165) is 0 Å². The smallest absolute Gasteiger partial charge is 0.272 e. The van der Waals surface area contributed by atoms with E-state index in [1.54, 1.807) is 19.2 Å². The molecule has 0 amide bonds. The Hall–Kier alpha value is -1.62. The predicted octanol–water partition coefficient (Wildman–Crippen LogP) is 2.13. The molecule has 0 heterocycles. The summed E-state index contributed by atoms with van der Waals surface area (Å²) >= 11 is 0. The molecule has 0 bridgehead atoms. The highest BCUT2D eigenvalue weighted by Gasteiger charge is 2.23. The molecule has 0 aliphatic carbocycles. The average molecular weight is 238 g/mol. The molecule has 1 aromatic rings. The minimum absolute atomic E-state index is 0.118. The summed E-state index contributed by atoms with van der Waals surface area (Å²) in [5.74, 6) is 0.624. The molecule has 0 aromatic heterocycles. The van der Waals surface area contributed by atoms with Gasteiger partial charge in [0.15, 0.2) is 0 Å². The van der Waals surface area contributed by atoms with Crippen molar-refractivity contribution in [3.63, 3.8) is 0 Å². The topological polar surface area (TPSA) is 78.4 Å². The lowest BCUT2D eigenvalue weighted by atomic mass is 9.85. The lowest BCUT2D eigenvalue weighted by molar-refractivity contribution is -0.385. The Kier molecular flexibility index (Phi) is 4.07. The Morgan fingerprint density at radius 1 is 1.47 bits per heavy atom. The molecule has 94 valence electrons. The number of hydrogen-bond donors (Lipinski definition) is 1. The second kappa shape index (κ2) is 5.14. The van der Waals surface area contributed by atoms with Gasteiger partial charge in [0.05, 0.1) is 12.0 Å². The van der Waals surface area contributed by atoms with Crippen molar-refractivity contribution in [1.29, 1.82) is 0 Å². The van der Waals surface area contributed by atoms with Crippen molar-refractivity contribution in [2.24, 2.45) is 11.1 Å². The van der Waals surface area contributed by atoms with Crippen LogP contribution in [0.4, 0.5) is 5.69 Å². The van der Waals surface area contributed by atoms with Gasteiger partial charge in [-0.3, -0.25) is 10.1 Å². The summed E-state index contributed by atoms with van der Waals surface area (Å²) in [6.07, 6.45) is 0.553. The molecule has 0 unspecified atom stereocenters. The number of nitrogens with two attached hydrogens (primary N) is 1. The Morgan fingerprint density at radius 2 is 2.12 bits per heavy atom. The van der Waals surface area contributed by atoms with Crippen LogP contribution in [-0.2, 0) is 6.42 Å². The van der Waals surface area contributed by atoms with Crippen molar-refractivity contribution < 1.29 is 9.66 Å². The minimum atomic E-state index is -0.374. The number of nitro groups is 1. The van der Waals surface area contributed by atoms with E-state index in [2.05, 4.69) is 0 Å². The normalized spacial score (nSPS) is 11.3. The molecule has 1 aromatic carbocycles. The van der Waals surface area contributed by atoms with E-state index in [1.165, 1.54) is 6.07 Å². The number of rotatable bonds is 5. The maximum Gasteiger partial charge on any atom is 0.272 e. The van der Waals surface area contributed by atoms with Gasteiger partial charge in [0.2, 0.25) is 0 Å². The fourth-order valence-electron chi connectivity index (χ4n) is 1.60. The second-order valence-electron chi connectivity index (χ2n) is 4.80. The van der Waals surface area contributed by atoms with Gasteiger partial charge < -0.3 is 10.5 Å². The van der Waals surface area contributed by atoms with Crippen LogP contribution in [0.5, 0.6) is 5.75 Å². The van der Waals surface area contributed by atoms with E-state index in [1.807, 2.05) is 13.8 Å². The van der Waals surface area contributed by atoms with Gasteiger partial charge in [-0.15, -0.1) is 0 Å². The first-order valence-electron chi connectivity index (χ1n) is 5.41. The average Bonchev–Trinajstić information content (AvgIpc) is 2.28. The van der Waals surface area contributed by atoms with Gasteiger partial charge >= 0.3 is 0 Å². The van der Waals surface area contributed by atoms with Gasteiger partial charge in [0, 0.05) is 11.6 Å². The van der Waals surface area contributed by atoms with Crippen LogP contribution in [0.2, 0.25) is 0 Å². The van der Waals surface area contributed by atoms with Crippen LogP contribution in [0, 0.1) is 15.5 Å². The highest BCUT2D eigenvalue weighted by Crippen LogP contribution is 2.30. The maximum absolute atomic E-state index is 10.9. The highest BCUT2D eigenvalue weighted by atomic mass is 16.6. The summed E-state index contributed by atoms with van der Waals surface area (Å²) < 4.78 is 5.08. The highest BCUT2D eigenvalue weighted by molar-refractivity contribution is 5.45. The van der Waals surface area contributed by atoms with Crippen LogP contribution in [0.3, 0.4) is 0 Å². The van der Waals surface area contributed by atoms with Crippen molar-refractivity contribution >= 4 is 5.69 Å². The van der Waals surface area contributed by atoms with Gasteiger partial charge in [-0.1, -0.05) is 13.8 Å². The molecular formula is C12H18N2O3. The first-order valence-corrected chi connectivity index (χ1v) is 5.41. The third kappa shape index (κ3) is 3.42. The van der Waals surface area contributed by atoms with Crippen LogP contribution in [-0.4, -0.2) is 18.6 Å². The van der Waals surface area contributed by atoms with Crippen molar-refractivity contribution in [3.05, 3.63) is 33.9 Å². The van der Waals surface area contributed by atoms with E-state index in [4.69, 9.17) is 10.5 Å². The first kappa shape index (κ1) is 13.4. The van der Waals surface area contributed by atoms with Gasteiger partial charge in [0.25, 0.3) is 5.69 Å². The van der Waals surface area contributed by atoms with Crippen molar-refractivity contribution in [2.45, 2.75) is 20.3 Å². The Bertz CT molecular complexity index is 416. The Balaban J connectivity index is 3.13. The van der Waals surface area contributed by atoms with E-state index < -0.39 is 0 Å². The third-order valence-corrected chi connectivity index (χ3v) is 2.70. The molecular weight excluding hydrogens is 220 g/mol. The largest absolute Gasteiger partial charge is 0.497 e. The fraction of sp³-hybridized carbons (Fsp3) is 0.500. The van der Waals surface area contributed by atoms with Crippen molar-refractivity contribution in [3.8, 4) is 5.75 Å². The summed E-state index contributed by atoms with van der Waals surface area (Å²) in [5, 5.41) is 10.9. The van der Waals surface area contributed by atoms with Gasteiger partial charge in [-0.25, -0.2) is 0 Å². The SMILES string of the molecule is COc1ccc([N+](=O)[O-])c(CC(C)(C)CN)c1. The summed E-state index contributed by atoms with van der Waals surface area (Å²) in [7, 11) is 1.54. The fourth-order valence-corrected chi connectivity index (χ4v) is 1.60. The molecule has 0 aliphatic heterocycles. The molecule has 0 spiro atoms. The summed E-state index contributed by atoms with van der Waals surface area (Å²) in [4.78, 5) is 10.6. The number of methoxy groups -OCH3 is 1. The number of hydrogen-bond acceptors (Lipinski definition) is 4. The quantitative estimate of drug-likeness (QED) is 0.629. The van der Waals surface area contributed by atoms with Crippen LogP contribution in [0.1, 0.15) is 19.4 Å². The molecule has 2 N–H and O–H groups in total. The first-order chi connectivity index (χ1) is 7.89. The molecule has 5 heteroatoms. The lowest BCUT2D eigenvalue weighted by Gasteiger charge is -2.22.